The molecule has 212 valence electrons. The zero-order chi connectivity index (χ0) is 28.3. The lowest BCUT2D eigenvalue weighted by Crippen LogP contribution is -2.35. The number of aromatic nitrogens is 2. The molecule has 2 amide bonds. The second-order valence-electron chi connectivity index (χ2n) is 11.1. The van der Waals surface area contributed by atoms with Crippen molar-refractivity contribution in [1.82, 2.24) is 20.2 Å². The van der Waals surface area contributed by atoms with Gasteiger partial charge in [0.15, 0.2) is 0 Å². The Morgan fingerprint density at radius 2 is 1.87 bits per heavy atom. The van der Waals surface area contributed by atoms with Crippen LogP contribution in [0.15, 0.2) is 30.6 Å². The number of ether oxygens (including phenoxy) is 1. The van der Waals surface area contributed by atoms with Crippen LogP contribution in [0.4, 0.5) is 18.0 Å². The maximum absolute atomic E-state index is 13.2. The van der Waals surface area contributed by atoms with Crippen LogP contribution in [0.1, 0.15) is 84.5 Å². The predicted molar refractivity (Wildman–Crippen MR) is 138 cm³/mol. The molecule has 0 bridgehead atoms. The Morgan fingerprint density at radius 3 is 2.46 bits per heavy atom. The molecule has 2 atom stereocenters. The molecule has 2 aliphatic rings. The van der Waals surface area contributed by atoms with Gasteiger partial charge in [0.05, 0.1) is 28.9 Å². The van der Waals surface area contributed by atoms with E-state index in [0.717, 1.165) is 16.8 Å². The summed E-state index contributed by atoms with van der Waals surface area (Å²) in [5, 5.41) is 2.86. The number of halogens is 3. The van der Waals surface area contributed by atoms with Crippen molar-refractivity contribution in [3.63, 3.8) is 0 Å². The van der Waals surface area contributed by atoms with E-state index in [2.05, 4.69) is 34.0 Å². The Morgan fingerprint density at radius 1 is 1.15 bits per heavy atom. The highest BCUT2D eigenvalue weighted by Crippen LogP contribution is 2.43. The van der Waals surface area contributed by atoms with Crippen molar-refractivity contribution in [2.75, 3.05) is 13.2 Å². The molecule has 1 saturated carbocycles. The van der Waals surface area contributed by atoms with Gasteiger partial charge in [-0.3, -0.25) is 19.7 Å². The van der Waals surface area contributed by atoms with Gasteiger partial charge in [-0.1, -0.05) is 19.9 Å². The van der Waals surface area contributed by atoms with Crippen molar-refractivity contribution in [2.45, 2.75) is 71.3 Å². The van der Waals surface area contributed by atoms with Gasteiger partial charge in [0.2, 0.25) is 0 Å². The first kappa shape index (κ1) is 28.8. The summed E-state index contributed by atoms with van der Waals surface area (Å²) >= 11 is 0. The minimum Gasteiger partial charge on any atom is -0.447 e. The van der Waals surface area contributed by atoms with Crippen LogP contribution in [-0.2, 0) is 11.3 Å². The SMILES string of the molecule is Cc1ccc([C@@H](COC(N)=O)NC(=O)c2cnc3c(c2)CN(C[C@H]2CC[C@@H](C(F)(F)F)CC2)[C@H]3C(C)C)nc1. The van der Waals surface area contributed by atoms with Crippen LogP contribution in [0.25, 0.3) is 0 Å². The molecule has 11 heteroatoms. The van der Waals surface area contributed by atoms with Gasteiger partial charge in [-0.05, 0) is 67.7 Å². The zero-order valence-corrected chi connectivity index (χ0v) is 22.5. The fourth-order valence-electron chi connectivity index (χ4n) is 5.74. The van der Waals surface area contributed by atoms with Gasteiger partial charge in [-0.2, -0.15) is 13.2 Å². The molecule has 1 aliphatic carbocycles. The number of rotatable bonds is 8. The van der Waals surface area contributed by atoms with Crippen LogP contribution in [-0.4, -0.2) is 46.2 Å². The van der Waals surface area contributed by atoms with Crippen LogP contribution in [0.3, 0.4) is 0 Å². The van der Waals surface area contributed by atoms with Crippen LogP contribution in [0.5, 0.6) is 0 Å². The van der Waals surface area contributed by atoms with E-state index >= 15 is 0 Å². The summed E-state index contributed by atoms with van der Waals surface area (Å²) in [6.45, 7) is 7.22. The summed E-state index contributed by atoms with van der Waals surface area (Å²) in [5.41, 5.74) is 8.80. The topological polar surface area (TPSA) is 110 Å². The van der Waals surface area contributed by atoms with E-state index in [1.807, 2.05) is 19.1 Å². The number of pyridine rings is 2. The number of carbonyl (C=O) groups excluding carboxylic acids is 2. The maximum Gasteiger partial charge on any atom is 0.404 e. The van der Waals surface area contributed by atoms with E-state index in [9.17, 15) is 22.8 Å². The van der Waals surface area contributed by atoms with Crippen molar-refractivity contribution in [2.24, 2.45) is 23.5 Å². The lowest BCUT2D eigenvalue weighted by molar-refractivity contribution is -0.184. The van der Waals surface area contributed by atoms with E-state index in [1.54, 1.807) is 12.3 Å². The molecular weight excluding hydrogens is 511 g/mol. The number of amides is 2. The van der Waals surface area contributed by atoms with Gasteiger partial charge in [0, 0.05) is 25.5 Å². The Kier molecular flexibility index (Phi) is 8.78. The highest BCUT2D eigenvalue weighted by Gasteiger charge is 2.42. The van der Waals surface area contributed by atoms with Crippen molar-refractivity contribution in [1.29, 1.82) is 0 Å². The standard InChI is InChI=1S/C28H36F3N5O3/c1-16(2)25-24-20(14-36(25)13-18-5-7-21(8-6-18)28(29,30)31)10-19(12-34-24)26(37)35-23(15-39-27(32)38)22-9-4-17(3)11-33-22/h4,9-12,16,18,21,23,25H,5-8,13-15H2,1-3H3,(H2,32,38)(H,35,37)/t18-,21+,23-,25+/m1/s1. The second-order valence-corrected chi connectivity index (χ2v) is 11.1. The molecule has 39 heavy (non-hydrogen) atoms. The van der Waals surface area contributed by atoms with Gasteiger partial charge < -0.3 is 15.8 Å². The third-order valence-corrected chi connectivity index (χ3v) is 7.73. The molecule has 2 aromatic rings. The lowest BCUT2D eigenvalue weighted by atomic mass is 9.81. The highest BCUT2D eigenvalue weighted by atomic mass is 19.4. The molecule has 0 spiro atoms. The molecule has 8 nitrogen and oxygen atoms in total. The van der Waals surface area contributed by atoms with E-state index in [4.69, 9.17) is 10.5 Å². The van der Waals surface area contributed by atoms with E-state index in [1.165, 1.54) is 6.20 Å². The van der Waals surface area contributed by atoms with Crippen molar-refractivity contribution in [3.05, 3.63) is 58.7 Å². The van der Waals surface area contributed by atoms with E-state index in [-0.39, 0.29) is 37.3 Å². The molecule has 0 aromatic carbocycles. The fourth-order valence-corrected chi connectivity index (χ4v) is 5.74. The molecule has 0 saturated heterocycles. The minimum absolute atomic E-state index is 0.0333. The van der Waals surface area contributed by atoms with Crippen LogP contribution in [0.2, 0.25) is 0 Å². The minimum atomic E-state index is -4.11. The average Bonchev–Trinajstić information content (AvgIpc) is 3.24. The second kappa shape index (κ2) is 11.9. The predicted octanol–water partition coefficient (Wildman–Crippen LogP) is 5.23. The van der Waals surface area contributed by atoms with Crippen LogP contribution in [0, 0.1) is 24.7 Å². The normalized spacial score (nSPS) is 22.4. The summed E-state index contributed by atoms with van der Waals surface area (Å²) in [6.07, 6.45) is -0.387. The summed E-state index contributed by atoms with van der Waals surface area (Å²) in [7, 11) is 0. The zero-order valence-electron chi connectivity index (χ0n) is 22.5. The summed E-state index contributed by atoms with van der Waals surface area (Å²) in [5.74, 6) is -1.14. The first-order valence-electron chi connectivity index (χ1n) is 13.4. The van der Waals surface area contributed by atoms with Crippen LogP contribution < -0.4 is 11.1 Å². The Hall–Kier alpha value is -3.21. The number of primary amides is 1. The van der Waals surface area contributed by atoms with Crippen molar-refractivity contribution >= 4 is 12.0 Å². The molecule has 3 heterocycles. The lowest BCUT2D eigenvalue weighted by Gasteiger charge is -2.35. The van der Waals surface area contributed by atoms with E-state index in [0.29, 0.717) is 37.2 Å². The van der Waals surface area contributed by atoms with Crippen LogP contribution >= 0.6 is 0 Å². The van der Waals surface area contributed by atoms with E-state index < -0.39 is 30.1 Å². The summed E-state index contributed by atoms with van der Waals surface area (Å²) in [6, 6.07) is 4.75. The number of aryl methyl sites for hydroxylation is 1. The Labute approximate surface area is 226 Å². The summed E-state index contributed by atoms with van der Waals surface area (Å²) in [4.78, 5) is 35.7. The monoisotopic (exact) mass is 547 g/mol. The number of alkyl halides is 3. The molecule has 1 fully saturated rings. The Bertz CT molecular complexity index is 1160. The number of hydrogen-bond acceptors (Lipinski definition) is 6. The highest BCUT2D eigenvalue weighted by molar-refractivity contribution is 5.94. The first-order chi connectivity index (χ1) is 18.4. The molecular formula is C28H36F3N5O3. The van der Waals surface area contributed by atoms with Crippen molar-refractivity contribution < 1.29 is 27.5 Å². The third-order valence-electron chi connectivity index (χ3n) is 7.73. The van der Waals surface area contributed by atoms with Gasteiger partial charge in [0.1, 0.15) is 12.6 Å². The Balaban J connectivity index is 1.46. The molecule has 4 rings (SSSR count). The fraction of sp³-hybridized carbons (Fsp3) is 0.571. The number of hydrogen-bond donors (Lipinski definition) is 2. The summed E-state index contributed by atoms with van der Waals surface area (Å²) < 4.78 is 44.3. The number of nitrogens with zero attached hydrogens (tertiary/aromatic N) is 3. The molecule has 2 aromatic heterocycles. The number of nitrogens with two attached hydrogens (primary N) is 1. The molecule has 0 radical (unpaired) electrons. The number of carbonyl (C=O) groups is 2. The van der Waals surface area contributed by atoms with Gasteiger partial charge in [0.25, 0.3) is 5.91 Å². The van der Waals surface area contributed by atoms with Crippen molar-refractivity contribution in [3.8, 4) is 0 Å². The molecule has 3 N–H and O–H groups in total. The first-order valence-corrected chi connectivity index (χ1v) is 13.4. The quantitative estimate of drug-likeness (QED) is 0.468. The van der Waals surface area contributed by atoms with Gasteiger partial charge >= 0.3 is 12.3 Å². The number of fused-ring (bicyclic) bond motifs is 1. The third kappa shape index (κ3) is 7.06. The van der Waals surface area contributed by atoms with Gasteiger partial charge in [-0.25, -0.2) is 4.79 Å². The molecule has 0 unspecified atom stereocenters. The average molecular weight is 548 g/mol. The smallest absolute Gasteiger partial charge is 0.404 e. The largest absolute Gasteiger partial charge is 0.447 e. The number of nitrogens with one attached hydrogen (secondary N) is 1. The van der Waals surface area contributed by atoms with Gasteiger partial charge in [-0.15, -0.1) is 0 Å². The maximum atomic E-state index is 13.2. The molecule has 1 aliphatic heterocycles.